The maximum Gasteiger partial charge on any atom is 0.143 e. The van der Waals surface area contributed by atoms with Crippen LogP contribution in [0.3, 0.4) is 0 Å². The van der Waals surface area contributed by atoms with Crippen LogP contribution in [0, 0.1) is 13.8 Å². The molecule has 0 spiro atoms. The first kappa shape index (κ1) is 27.1. The molecule has 1 heterocycles. The van der Waals surface area contributed by atoms with Crippen molar-refractivity contribution in [3.05, 3.63) is 120 Å². The minimum absolute atomic E-state index is 0.0519. The van der Waals surface area contributed by atoms with Gasteiger partial charge in [0.1, 0.15) is 34.2 Å². The molecule has 0 radical (unpaired) electrons. The topological polar surface area (TPSA) is 94.1 Å². The van der Waals surface area contributed by atoms with Crippen molar-refractivity contribution < 1.29 is 24.8 Å². The predicted octanol–water partition coefficient (Wildman–Crippen LogP) is 11.0. The summed E-state index contributed by atoms with van der Waals surface area (Å²) in [5, 5.41) is 53.9. The normalized spacial score (nSPS) is 12.0. The lowest BCUT2D eigenvalue weighted by Crippen LogP contribution is -1.96. The molecule has 226 valence electrons. The third-order valence-corrected chi connectivity index (χ3v) is 9.77. The molecule has 0 aliphatic heterocycles. The molecule has 9 rings (SSSR count). The van der Waals surface area contributed by atoms with E-state index in [1.807, 2.05) is 86.6 Å². The first-order valence-corrected chi connectivity index (χ1v) is 15.5. The maximum atomic E-state index is 11.7. The van der Waals surface area contributed by atoms with Gasteiger partial charge in [-0.1, -0.05) is 72.8 Å². The first-order chi connectivity index (χ1) is 22.8. The van der Waals surface area contributed by atoms with Crippen LogP contribution in [0.1, 0.15) is 11.1 Å². The monoisotopic (exact) mass is 612 g/mol. The van der Waals surface area contributed by atoms with E-state index >= 15 is 0 Å². The fraction of sp³-hybridized carbons (Fsp3) is 0.0476. The van der Waals surface area contributed by atoms with Crippen molar-refractivity contribution >= 4 is 65.0 Å². The third-order valence-electron chi connectivity index (χ3n) is 9.77. The highest BCUT2D eigenvalue weighted by atomic mass is 16.3. The van der Waals surface area contributed by atoms with Crippen LogP contribution >= 0.6 is 0 Å². The molecule has 5 heteroatoms. The number of furan rings is 1. The van der Waals surface area contributed by atoms with Crippen molar-refractivity contribution in [1.29, 1.82) is 0 Å². The highest BCUT2D eigenvalue weighted by Gasteiger charge is 2.27. The molecular formula is C42H28O5. The summed E-state index contributed by atoms with van der Waals surface area (Å²) in [6, 6.07) is 35.1. The second kappa shape index (κ2) is 9.65. The van der Waals surface area contributed by atoms with E-state index in [1.165, 1.54) is 12.1 Å². The van der Waals surface area contributed by atoms with Crippen molar-refractivity contribution in [2.45, 2.75) is 13.8 Å². The highest BCUT2D eigenvalue weighted by Crippen LogP contribution is 2.54. The van der Waals surface area contributed by atoms with E-state index in [-0.39, 0.29) is 23.0 Å². The Morgan fingerprint density at radius 2 is 0.957 bits per heavy atom. The Bertz CT molecular complexity index is 2730. The van der Waals surface area contributed by atoms with Crippen LogP contribution in [0.15, 0.2) is 114 Å². The summed E-state index contributed by atoms with van der Waals surface area (Å²) in [6.45, 7) is 3.64. The number of hydrogen-bond acceptors (Lipinski definition) is 5. The number of phenols is 4. The zero-order valence-electron chi connectivity index (χ0n) is 25.6. The average Bonchev–Trinajstić information content (AvgIpc) is 3.46. The zero-order chi connectivity index (χ0) is 32.1. The molecule has 9 aromatic rings. The Morgan fingerprint density at radius 3 is 1.66 bits per heavy atom. The second-order valence-electron chi connectivity index (χ2n) is 12.4. The lowest BCUT2D eigenvalue weighted by Gasteiger charge is -2.23. The standard InChI is InChI=1S/C42H28O5/c1-21-31(43)19-33(45)40-36(21)38(26-12-11-23-7-3-4-9-25(23)17-26)37-22(2)32(44)20-34(46)41(37)39(40)27-14-15-29-30-16-13-24-8-5-6-10-28(24)42(30)47-35(29)18-27/h3-20,43-46H,1-2H3. The minimum atomic E-state index is -0.122. The molecule has 0 aliphatic rings. The van der Waals surface area contributed by atoms with Gasteiger partial charge in [0.2, 0.25) is 0 Å². The summed E-state index contributed by atoms with van der Waals surface area (Å²) < 4.78 is 6.53. The van der Waals surface area contributed by atoms with Gasteiger partial charge in [-0.3, -0.25) is 0 Å². The lowest BCUT2D eigenvalue weighted by molar-refractivity contribution is 0.452. The number of phenolic OH excluding ortho intramolecular Hbond substituents is 4. The zero-order valence-corrected chi connectivity index (χ0v) is 25.6. The average molecular weight is 613 g/mol. The third kappa shape index (κ3) is 3.77. The summed E-state index contributed by atoms with van der Waals surface area (Å²) in [4.78, 5) is 0. The van der Waals surface area contributed by atoms with Crippen LogP contribution in [-0.2, 0) is 0 Å². The molecule has 0 bridgehead atoms. The van der Waals surface area contributed by atoms with E-state index in [9.17, 15) is 20.4 Å². The molecule has 1 aromatic heterocycles. The number of rotatable bonds is 2. The number of benzene rings is 8. The van der Waals surface area contributed by atoms with Gasteiger partial charge in [0.25, 0.3) is 0 Å². The molecular weight excluding hydrogens is 584 g/mol. The molecule has 0 aliphatic carbocycles. The fourth-order valence-corrected chi connectivity index (χ4v) is 7.47. The van der Waals surface area contributed by atoms with Crippen LogP contribution in [0.2, 0.25) is 0 Å². The van der Waals surface area contributed by atoms with Crippen molar-refractivity contribution in [2.75, 3.05) is 0 Å². The molecule has 0 amide bonds. The van der Waals surface area contributed by atoms with Crippen molar-refractivity contribution in [2.24, 2.45) is 0 Å². The summed E-state index contributed by atoms with van der Waals surface area (Å²) in [5.74, 6) is -0.348. The maximum absolute atomic E-state index is 11.7. The van der Waals surface area contributed by atoms with Crippen LogP contribution in [-0.4, -0.2) is 20.4 Å². The Labute approximate surface area is 268 Å². The van der Waals surface area contributed by atoms with E-state index in [1.54, 1.807) is 0 Å². The van der Waals surface area contributed by atoms with E-state index in [0.717, 1.165) is 43.5 Å². The molecule has 8 aromatic carbocycles. The van der Waals surface area contributed by atoms with Crippen LogP contribution in [0.25, 0.3) is 87.3 Å². The number of fused-ring (bicyclic) bond motifs is 8. The minimum Gasteiger partial charge on any atom is -0.508 e. The quantitative estimate of drug-likeness (QED) is 0.146. The lowest BCUT2D eigenvalue weighted by atomic mass is 9.81. The number of aryl methyl sites for hydroxylation is 2. The largest absolute Gasteiger partial charge is 0.508 e. The van der Waals surface area contributed by atoms with Crippen LogP contribution < -0.4 is 0 Å². The van der Waals surface area contributed by atoms with Crippen molar-refractivity contribution in [3.63, 3.8) is 0 Å². The van der Waals surface area contributed by atoms with E-state index in [2.05, 4.69) is 24.3 Å². The first-order valence-electron chi connectivity index (χ1n) is 15.5. The SMILES string of the molecule is Cc1c(O)cc(O)c2c(-c3ccc4c(c3)oc3c5ccccc5ccc43)c3c(O)cc(O)c(C)c3c(-c3ccc4ccccc4c3)c12. The highest BCUT2D eigenvalue weighted by molar-refractivity contribution is 6.27. The summed E-state index contributed by atoms with van der Waals surface area (Å²) in [5.41, 5.74) is 5.42. The molecule has 0 saturated carbocycles. The number of aromatic hydroxyl groups is 4. The van der Waals surface area contributed by atoms with Crippen LogP contribution in [0.5, 0.6) is 23.0 Å². The van der Waals surface area contributed by atoms with Gasteiger partial charge in [0.05, 0.1) is 0 Å². The van der Waals surface area contributed by atoms with Gasteiger partial charge in [-0.15, -0.1) is 0 Å². The van der Waals surface area contributed by atoms with Gasteiger partial charge in [0.15, 0.2) is 0 Å². The van der Waals surface area contributed by atoms with E-state index < -0.39 is 0 Å². The predicted molar refractivity (Wildman–Crippen MR) is 191 cm³/mol. The number of hydrogen-bond donors (Lipinski definition) is 4. The van der Waals surface area contributed by atoms with Gasteiger partial charge in [-0.05, 0) is 82.1 Å². The van der Waals surface area contributed by atoms with Crippen molar-refractivity contribution in [3.8, 4) is 45.3 Å². The molecule has 4 N–H and O–H groups in total. The van der Waals surface area contributed by atoms with Gasteiger partial charge >= 0.3 is 0 Å². The Kier molecular flexibility index (Phi) is 5.57. The Balaban J connectivity index is 1.47. The molecule has 5 nitrogen and oxygen atoms in total. The summed E-state index contributed by atoms with van der Waals surface area (Å²) in [6.07, 6.45) is 0. The molecule has 47 heavy (non-hydrogen) atoms. The van der Waals surface area contributed by atoms with Gasteiger partial charge in [0, 0.05) is 55.4 Å². The van der Waals surface area contributed by atoms with E-state index in [4.69, 9.17) is 4.42 Å². The summed E-state index contributed by atoms with van der Waals surface area (Å²) in [7, 11) is 0. The fourth-order valence-electron chi connectivity index (χ4n) is 7.47. The smallest absolute Gasteiger partial charge is 0.143 e. The van der Waals surface area contributed by atoms with Crippen molar-refractivity contribution in [1.82, 2.24) is 0 Å². The van der Waals surface area contributed by atoms with Crippen LogP contribution in [0.4, 0.5) is 0 Å². The van der Waals surface area contributed by atoms with Gasteiger partial charge < -0.3 is 24.8 Å². The molecule has 0 fully saturated rings. The van der Waals surface area contributed by atoms with Gasteiger partial charge in [-0.2, -0.15) is 0 Å². The molecule has 0 atom stereocenters. The van der Waals surface area contributed by atoms with E-state index in [0.29, 0.717) is 54.9 Å². The molecule has 0 unspecified atom stereocenters. The second-order valence-corrected chi connectivity index (χ2v) is 12.4. The summed E-state index contributed by atoms with van der Waals surface area (Å²) >= 11 is 0. The Hall–Kier alpha value is -6.20. The Morgan fingerprint density at radius 1 is 0.426 bits per heavy atom. The van der Waals surface area contributed by atoms with Gasteiger partial charge in [-0.25, -0.2) is 0 Å². The molecule has 0 saturated heterocycles.